The molecule has 2 aromatic carbocycles. The maximum absolute atomic E-state index is 13.0. The molecule has 1 aliphatic heterocycles. The summed E-state index contributed by atoms with van der Waals surface area (Å²) >= 11 is 0. The molecular formula is C19H19NO3. The van der Waals surface area contributed by atoms with E-state index in [2.05, 4.69) is 24.3 Å². The van der Waals surface area contributed by atoms with E-state index in [4.69, 9.17) is 9.47 Å². The molecule has 0 aromatic heterocycles. The van der Waals surface area contributed by atoms with E-state index in [0.29, 0.717) is 23.6 Å². The number of benzene rings is 2. The molecular weight excluding hydrogens is 290 g/mol. The van der Waals surface area contributed by atoms with Gasteiger partial charge in [0.25, 0.3) is 5.91 Å². The van der Waals surface area contributed by atoms with Gasteiger partial charge in [-0.3, -0.25) is 4.79 Å². The maximum atomic E-state index is 13.0. The van der Waals surface area contributed by atoms with Gasteiger partial charge >= 0.3 is 0 Å². The molecule has 0 N–H and O–H groups in total. The van der Waals surface area contributed by atoms with Crippen LogP contribution in [0.4, 0.5) is 0 Å². The molecule has 118 valence electrons. The molecule has 1 amide bonds. The first-order chi connectivity index (χ1) is 11.2. The lowest BCUT2D eigenvalue weighted by molar-refractivity contribution is 0.0698. The first-order valence-electron chi connectivity index (χ1n) is 7.87. The molecule has 4 rings (SSSR count). The van der Waals surface area contributed by atoms with Gasteiger partial charge in [0.1, 0.15) is 0 Å². The number of nitrogens with zero attached hydrogens (tertiary/aromatic N) is 1. The van der Waals surface area contributed by atoms with Crippen molar-refractivity contribution >= 4 is 5.91 Å². The lowest BCUT2D eigenvalue weighted by atomic mass is 10.1. The van der Waals surface area contributed by atoms with Crippen LogP contribution < -0.4 is 9.47 Å². The number of ether oxygens (including phenoxy) is 2. The van der Waals surface area contributed by atoms with Gasteiger partial charge in [0.05, 0.1) is 25.8 Å². The Hall–Kier alpha value is -2.49. The van der Waals surface area contributed by atoms with Crippen molar-refractivity contribution in [3.05, 3.63) is 58.7 Å². The summed E-state index contributed by atoms with van der Waals surface area (Å²) in [5.41, 5.74) is 4.29. The molecule has 0 saturated heterocycles. The molecule has 0 radical (unpaired) electrons. The highest BCUT2D eigenvalue weighted by Gasteiger charge is 2.39. The standard InChI is InChI=1S/C19H19NO3/c1-22-16-10-8-13-11-20(19(21)17(13)18(16)23-2)15-9-7-12-5-3-4-6-14(12)15/h3-6,8,10,15H,7,9,11H2,1-2H3/t15-/m1/s1. The summed E-state index contributed by atoms with van der Waals surface area (Å²) in [6, 6.07) is 12.4. The molecule has 0 fully saturated rings. The van der Waals surface area contributed by atoms with Gasteiger partial charge in [-0.1, -0.05) is 30.3 Å². The predicted octanol–water partition coefficient (Wildman–Crippen LogP) is 3.35. The number of fused-ring (bicyclic) bond motifs is 2. The molecule has 1 aliphatic carbocycles. The summed E-state index contributed by atoms with van der Waals surface area (Å²) < 4.78 is 10.8. The first kappa shape index (κ1) is 14.1. The number of carbonyl (C=O) groups is 1. The zero-order chi connectivity index (χ0) is 16.0. The second-order valence-corrected chi connectivity index (χ2v) is 6.02. The Bertz CT molecular complexity index is 784. The molecule has 2 aliphatic rings. The third-order valence-electron chi connectivity index (χ3n) is 4.92. The molecule has 0 unspecified atom stereocenters. The molecule has 0 spiro atoms. The highest BCUT2D eigenvalue weighted by Crippen LogP contribution is 2.44. The maximum Gasteiger partial charge on any atom is 0.258 e. The average Bonchev–Trinajstić information content (AvgIpc) is 3.15. The molecule has 4 heteroatoms. The summed E-state index contributed by atoms with van der Waals surface area (Å²) in [7, 11) is 3.17. The van der Waals surface area contributed by atoms with E-state index in [-0.39, 0.29) is 11.9 Å². The smallest absolute Gasteiger partial charge is 0.258 e. The van der Waals surface area contributed by atoms with Crippen LogP contribution in [0.15, 0.2) is 36.4 Å². The first-order valence-corrected chi connectivity index (χ1v) is 7.87. The Balaban J connectivity index is 1.74. The van der Waals surface area contributed by atoms with Gasteiger partial charge < -0.3 is 14.4 Å². The fraction of sp³-hybridized carbons (Fsp3) is 0.316. The van der Waals surface area contributed by atoms with Crippen molar-refractivity contribution in [1.29, 1.82) is 0 Å². The largest absolute Gasteiger partial charge is 0.493 e. The number of carbonyl (C=O) groups excluding carboxylic acids is 1. The van der Waals surface area contributed by atoms with Crippen LogP contribution in [-0.2, 0) is 13.0 Å². The van der Waals surface area contributed by atoms with Gasteiger partial charge in [0, 0.05) is 6.54 Å². The summed E-state index contributed by atoms with van der Waals surface area (Å²) in [4.78, 5) is 15.0. The van der Waals surface area contributed by atoms with Crippen molar-refractivity contribution in [2.24, 2.45) is 0 Å². The van der Waals surface area contributed by atoms with Gasteiger partial charge in [-0.05, 0) is 35.6 Å². The normalized spacial score (nSPS) is 18.8. The number of methoxy groups -OCH3 is 2. The Labute approximate surface area is 135 Å². The third-order valence-corrected chi connectivity index (χ3v) is 4.92. The highest BCUT2D eigenvalue weighted by atomic mass is 16.5. The second-order valence-electron chi connectivity index (χ2n) is 6.02. The Kier molecular flexibility index (Phi) is 3.26. The lowest BCUT2D eigenvalue weighted by Gasteiger charge is -2.24. The minimum atomic E-state index is 0.0393. The van der Waals surface area contributed by atoms with Crippen LogP contribution in [0, 0.1) is 0 Å². The van der Waals surface area contributed by atoms with Crippen molar-refractivity contribution in [2.75, 3.05) is 14.2 Å². The van der Waals surface area contributed by atoms with Gasteiger partial charge in [-0.25, -0.2) is 0 Å². The third kappa shape index (κ3) is 2.01. The second kappa shape index (κ2) is 5.30. The number of aryl methyl sites for hydroxylation is 1. The summed E-state index contributed by atoms with van der Waals surface area (Å²) in [6.07, 6.45) is 2.01. The van der Waals surface area contributed by atoms with Gasteiger partial charge in [-0.2, -0.15) is 0 Å². The van der Waals surface area contributed by atoms with E-state index < -0.39 is 0 Å². The molecule has 4 nitrogen and oxygen atoms in total. The van der Waals surface area contributed by atoms with Crippen molar-refractivity contribution in [1.82, 2.24) is 4.90 Å². The molecule has 1 heterocycles. The fourth-order valence-corrected chi connectivity index (χ4v) is 3.84. The summed E-state index contributed by atoms with van der Waals surface area (Å²) in [6.45, 7) is 0.632. The summed E-state index contributed by atoms with van der Waals surface area (Å²) in [5.74, 6) is 1.19. The van der Waals surface area contributed by atoms with E-state index in [1.165, 1.54) is 11.1 Å². The van der Waals surface area contributed by atoms with Crippen molar-refractivity contribution in [3.63, 3.8) is 0 Å². The van der Waals surface area contributed by atoms with Crippen LogP contribution in [0.2, 0.25) is 0 Å². The van der Waals surface area contributed by atoms with Gasteiger partial charge in [0.2, 0.25) is 0 Å². The molecule has 0 saturated carbocycles. The van der Waals surface area contributed by atoms with Crippen molar-refractivity contribution in [2.45, 2.75) is 25.4 Å². The Morgan fingerprint density at radius 2 is 1.87 bits per heavy atom. The van der Waals surface area contributed by atoms with Crippen LogP contribution in [0.25, 0.3) is 0 Å². The number of amides is 1. The molecule has 23 heavy (non-hydrogen) atoms. The minimum absolute atomic E-state index is 0.0393. The van der Waals surface area contributed by atoms with E-state index in [0.717, 1.165) is 18.4 Å². The number of hydrogen-bond donors (Lipinski definition) is 0. The predicted molar refractivity (Wildman–Crippen MR) is 86.9 cm³/mol. The average molecular weight is 309 g/mol. The van der Waals surface area contributed by atoms with E-state index >= 15 is 0 Å². The monoisotopic (exact) mass is 309 g/mol. The van der Waals surface area contributed by atoms with Gasteiger partial charge in [0.15, 0.2) is 11.5 Å². The van der Waals surface area contributed by atoms with Crippen molar-refractivity contribution < 1.29 is 14.3 Å². The van der Waals surface area contributed by atoms with E-state index in [1.54, 1.807) is 14.2 Å². The van der Waals surface area contributed by atoms with Crippen LogP contribution in [0.1, 0.15) is 39.5 Å². The van der Waals surface area contributed by atoms with Crippen LogP contribution in [0.3, 0.4) is 0 Å². The molecule has 1 atom stereocenters. The Morgan fingerprint density at radius 3 is 2.65 bits per heavy atom. The SMILES string of the molecule is COc1ccc2c(c1OC)C(=O)N([C@@H]1CCc3ccccc31)C2. The molecule has 2 aromatic rings. The zero-order valence-corrected chi connectivity index (χ0v) is 13.3. The lowest BCUT2D eigenvalue weighted by Crippen LogP contribution is -2.27. The van der Waals surface area contributed by atoms with Crippen molar-refractivity contribution in [3.8, 4) is 11.5 Å². The van der Waals surface area contributed by atoms with Crippen LogP contribution in [-0.4, -0.2) is 25.0 Å². The quantitative estimate of drug-likeness (QED) is 0.873. The van der Waals surface area contributed by atoms with E-state index in [9.17, 15) is 4.79 Å². The highest BCUT2D eigenvalue weighted by molar-refractivity contribution is 6.02. The van der Waals surface area contributed by atoms with Crippen LogP contribution >= 0.6 is 0 Å². The van der Waals surface area contributed by atoms with Gasteiger partial charge in [-0.15, -0.1) is 0 Å². The minimum Gasteiger partial charge on any atom is -0.493 e. The summed E-state index contributed by atoms with van der Waals surface area (Å²) in [5, 5.41) is 0. The van der Waals surface area contributed by atoms with E-state index in [1.807, 2.05) is 17.0 Å². The number of rotatable bonds is 3. The van der Waals surface area contributed by atoms with Crippen LogP contribution in [0.5, 0.6) is 11.5 Å². The topological polar surface area (TPSA) is 38.8 Å². The number of hydrogen-bond acceptors (Lipinski definition) is 3. The Morgan fingerprint density at radius 1 is 1.04 bits per heavy atom. The molecule has 0 bridgehead atoms. The zero-order valence-electron chi connectivity index (χ0n) is 13.3. The fourth-order valence-electron chi connectivity index (χ4n) is 3.84.